The Bertz CT molecular complexity index is 657. The number of nitrogens with one attached hydrogen (secondary N) is 1. The predicted molar refractivity (Wildman–Crippen MR) is 83.0 cm³/mol. The van der Waals surface area contributed by atoms with Crippen LogP contribution in [0.3, 0.4) is 0 Å². The second kappa shape index (κ2) is 7.92. The van der Waals surface area contributed by atoms with Crippen LogP contribution < -0.4 is 10.1 Å². The van der Waals surface area contributed by atoms with E-state index >= 15 is 0 Å². The van der Waals surface area contributed by atoms with Crippen LogP contribution in [0.2, 0.25) is 0 Å². The topological polar surface area (TPSA) is 99.3 Å². The summed E-state index contributed by atoms with van der Waals surface area (Å²) in [4.78, 5) is 21.8. The molecule has 0 aliphatic heterocycles. The molecule has 122 valence electrons. The van der Waals surface area contributed by atoms with E-state index in [9.17, 15) is 14.9 Å². The summed E-state index contributed by atoms with van der Waals surface area (Å²) in [6.07, 6.45) is 2.49. The van der Waals surface area contributed by atoms with Gasteiger partial charge in [0.25, 0.3) is 0 Å². The Labute approximate surface area is 133 Å². The van der Waals surface area contributed by atoms with Gasteiger partial charge in [0, 0.05) is 13.0 Å². The number of carbonyl (C=O) groups is 1. The van der Waals surface area contributed by atoms with Gasteiger partial charge in [0.05, 0.1) is 11.5 Å². The number of hydrogen-bond donors (Lipinski definition) is 1. The van der Waals surface area contributed by atoms with Gasteiger partial charge in [-0.05, 0) is 19.1 Å². The molecule has 0 radical (unpaired) electrons. The zero-order valence-corrected chi connectivity index (χ0v) is 12.7. The molecule has 2 rings (SSSR count). The second-order valence-electron chi connectivity index (χ2n) is 5.01. The smallest absolute Gasteiger partial charge is 0.306 e. The lowest BCUT2D eigenvalue weighted by Crippen LogP contribution is -2.34. The van der Waals surface area contributed by atoms with Crippen LogP contribution in [-0.4, -0.2) is 33.3 Å². The quantitative estimate of drug-likeness (QED) is 0.590. The van der Waals surface area contributed by atoms with Crippen LogP contribution in [0.15, 0.2) is 42.7 Å². The molecular formula is C15H18N4O4. The molecule has 0 saturated heterocycles. The highest BCUT2D eigenvalue weighted by atomic mass is 16.6. The van der Waals surface area contributed by atoms with Gasteiger partial charge in [-0.2, -0.15) is 5.10 Å². The maximum Gasteiger partial charge on any atom is 0.306 e. The average molecular weight is 318 g/mol. The van der Waals surface area contributed by atoms with Crippen LogP contribution >= 0.6 is 0 Å². The van der Waals surface area contributed by atoms with E-state index in [0.29, 0.717) is 6.54 Å². The van der Waals surface area contributed by atoms with Crippen molar-refractivity contribution in [2.75, 3.05) is 6.54 Å². The van der Waals surface area contributed by atoms with Crippen molar-refractivity contribution in [1.82, 2.24) is 15.1 Å². The predicted octanol–water partition coefficient (Wildman–Crippen LogP) is 1.77. The molecule has 0 aliphatic carbocycles. The highest BCUT2D eigenvalue weighted by Crippen LogP contribution is 2.10. The van der Waals surface area contributed by atoms with Crippen LogP contribution in [-0.2, 0) is 11.3 Å². The summed E-state index contributed by atoms with van der Waals surface area (Å²) in [5, 5.41) is 17.1. The molecule has 0 saturated carbocycles. The van der Waals surface area contributed by atoms with Gasteiger partial charge in [0.1, 0.15) is 24.2 Å². The van der Waals surface area contributed by atoms with Crippen molar-refractivity contribution in [2.24, 2.45) is 0 Å². The SMILES string of the molecule is C[C@H](CNC(=O)CCn1cc([N+](=O)[O-])cn1)Oc1ccccc1. The number of carbonyl (C=O) groups excluding carboxylic acids is 1. The molecule has 1 N–H and O–H groups in total. The molecule has 1 heterocycles. The van der Waals surface area contributed by atoms with E-state index in [-0.39, 0.29) is 30.7 Å². The first kappa shape index (κ1) is 16.5. The van der Waals surface area contributed by atoms with Crippen LogP contribution in [0.5, 0.6) is 5.75 Å². The summed E-state index contributed by atoms with van der Waals surface area (Å²) in [6, 6.07) is 9.36. The van der Waals surface area contributed by atoms with Gasteiger partial charge in [-0.25, -0.2) is 0 Å². The number of nitrogens with zero attached hydrogens (tertiary/aromatic N) is 3. The molecular weight excluding hydrogens is 300 g/mol. The number of rotatable bonds is 8. The number of amides is 1. The molecule has 0 aliphatic rings. The van der Waals surface area contributed by atoms with E-state index in [2.05, 4.69) is 10.4 Å². The first-order valence-electron chi connectivity index (χ1n) is 7.20. The van der Waals surface area contributed by atoms with Gasteiger partial charge in [-0.3, -0.25) is 19.6 Å². The molecule has 1 atom stereocenters. The molecule has 8 heteroatoms. The van der Waals surface area contributed by atoms with Crippen molar-refractivity contribution < 1.29 is 14.5 Å². The third-order valence-electron chi connectivity index (χ3n) is 3.07. The third kappa shape index (κ3) is 5.42. The van der Waals surface area contributed by atoms with E-state index in [1.54, 1.807) is 0 Å². The Morgan fingerprint density at radius 2 is 2.17 bits per heavy atom. The minimum Gasteiger partial charge on any atom is -0.489 e. The number of aryl methyl sites for hydroxylation is 1. The molecule has 2 aromatic rings. The number of aromatic nitrogens is 2. The molecule has 1 aromatic carbocycles. The van der Waals surface area contributed by atoms with Crippen molar-refractivity contribution in [3.05, 3.63) is 52.8 Å². The lowest BCUT2D eigenvalue weighted by Gasteiger charge is -2.15. The van der Waals surface area contributed by atoms with Crippen LogP contribution in [0.1, 0.15) is 13.3 Å². The fourth-order valence-electron chi connectivity index (χ4n) is 1.90. The molecule has 0 bridgehead atoms. The zero-order valence-electron chi connectivity index (χ0n) is 12.7. The number of hydrogen-bond acceptors (Lipinski definition) is 5. The zero-order chi connectivity index (χ0) is 16.7. The fraction of sp³-hybridized carbons (Fsp3) is 0.333. The van der Waals surface area contributed by atoms with Crippen molar-refractivity contribution in [1.29, 1.82) is 0 Å². The second-order valence-corrected chi connectivity index (χ2v) is 5.01. The van der Waals surface area contributed by atoms with Gasteiger partial charge in [0.2, 0.25) is 5.91 Å². The number of ether oxygens (including phenoxy) is 1. The summed E-state index contributed by atoms with van der Waals surface area (Å²) in [5.41, 5.74) is -0.0877. The lowest BCUT2D eigenvalue weighted by molar-refractivity contribution is -0.385. The largest absolute Gasteiger partial charge is 0.489 e. The van der Waals surface area contributed by atoms with Gasteiger partial charge >= 0.3 is 5.69 Å². The molecule has 1 amide bonds. The summed E-state index contributed by atoms with van der Waals surface area (Å²) >= 11 is 0. The van der Waals surface area contributed by atoms with Gasteiger partial charge < -0.3 is 10.1 Å². The van der Waals surface area contributed by atoms with Crippen LogP contribution in [0, 0.1) is 10.1 Å². The van der Waals surface area contributed by atoms with Gasteiger partial charge in [0.15, 0.2) is 0 Å². The van der Waals surface area contributed by atoms with E-state index in [4.69, 9.17) is 4.74 Å². The lowest BCUT2D eigenvalue weighted by atomic mass is 10.3. The van der Waals surface area contributed by atoms with Crippen molar-refractivity contribution >= 4 is 11.6 Å². The monoisotopic (exact) mass is 318 g/mol. The standard InChI is InChI=1S/C15H18N4O4/c1-12(23-14-5-3-2-4-6-14)9-16-15(20)7-8-18-11-13(10-17-18)19(21)22/h2-6,10-12H,7-9H2,1H3,(H,16,20)/t12-/m1/s1. The third-order valence-corrected chi connectivity index (χ3v) is 3.07. The van der Waals surface area contributed by atoms with Crippen molar-refractivity contribution in [3.63, 3.8) is 0 Å². The van der Waals surface area contributed by atoms with Crippen molar-refractivity contribution in [2.45, 2.75) is 26.0 Å². The normalized spacial score (nSPS) is 11.7. The Kier molecular flexibility index (Phi) is 5.67. The first-order valence-corrected chi connectivity index (χ1v) is 7.20. The Morgan fingerprint density at radius 3 is 2.83 bits per heavy atom. The van der Waals surface area contributed by atoms with E-state index in [0.717, 1.165) is 11.9 Å². The maximum atomic E-state index is 11.8. The maximum absolute atomic E-state index is 11.8. The van der Waals surface area contributed by atoms with Crippen LogP contribution in [0.4, 0.5) is 5.69 Å². The van der Waals surface area contributed by atoms with Crippen LogP contribution in [0.25, 0.3) is 0 Å². The Balaban J connectivity index is 1.69. The summed E-state index contributed by atoms with van der Waals surface area (Å²) in [6.45, 7) is 2.53. The van der Waals surface area contributed by atoms with E-state index in [1.165, 1.54) is 10.9 Å². The molecule has 0 fully saturated rings. The summed E-state index contributed by atoms with van der Waals surface area (Å²) in [5.74, 6) is 0.588. The first-order chi connectivity index (χ1) is 11.0. The average Bonchev–Trinajstić information content (AvgIpc) is 3.01. The number of para-hydroxylation sites is 1. The fourth-order valence-corrected chi connectivity index (χ4v) is 1.90. The molecule has 23 heavy (non-hydrogen) atoms. The molecule has 0 unspecified atom stereocenters. The molecule has 1 aromatic heterocycles. The number of nitro groups is 1. The van der Waals surface area contributed by atoms with Gasteiger partial charge in [-0.1, -0.05) is 18.2 Å². The summed E-state index contributed by atoms with van der Waals surface area (Å²) in [7, 11) is 0. The highest BCUT2D eigenvalue weighted by Gasteiger charge is 2.10. The van der Waals surface area contributed by atoms with E-state index in [1.807, 2.05) is 37.3 Å². The number of benzene rings is 1. The highest BCUT2D eigenvalue weighted by molar-refractivity contribution is 5.75. The Hall–Kier alpha value is -2.90. The van der Waals surface area contributed by atoms with E-state index < -0.39 is 4.92 Å². The van der Waals surface area contributed by atoms with Gasteiger partial charge in [-0.15, -0.1) is 0 Å². The summed E-state index contributed by atoms with van der Waals surface area (Å²) < 4.78 is 7.03. The van der Waals surface area contributed by atoms with Crippen molar-refractivity contribution in [3.8, 4) is 5.75 Å². The Morgan fingerprint density at radius 1 is 1.43 bits per heavy atom. The molecule has 8 nitrogen and oxygen atoms in total. The minimum atomic E-state index is -0.522. The minimum absolute atomic E-state index is 0.0877. The molecule has 0 spiro atoms.